The predicted octanol–water partition coefficient (Wildman–Crippen LogP) is 3.58. The van der Waals surface area contributed by atoms with E-state index in [1.54, 1.807) is 12.1 Å². The highest BCUT2D eigenvalue weighted by Crippen LogP contribution is 2.59. The zero-order valence-electron chi connectivity index (χ0n) is 16.3. The summed E-state index contributed by atoms with van der Waals surface area (Å²) < 4.78 is 6.46. The van der Waals surface area contributed by atoms with E-state index in [0.29, 0.717) is 11.8 Å². The topological polar surface area (TPSA) is 80.7 Å². The third-order valence-electron chi connectivity index (χ3n) is 8.05. The van der Waals surface area contributed by atoms with Gasteiger partial charge in [-0.25, -0.2) is 0 Å². The summed E-state index contributed by atoms with van der Waals surface area (Å²) in [6.45, 7) is 4.58. The van der Waals surface area contributed by atoms with Gasteiger partial charge in [0.15, 0.2) is 11.6 Å². The smallest absolute Gasteiger partial charge is 0.173 e. The van der Waals surface area contributed by atoms with Gasteiger partial charge in [-0.3, -0.25) is 14.4 Å². The summed E-state index contributed by atoms with van der Waals surface area (Å²) >= 11 is 0. The monoisotopic (exact) mass is 382 g/mol. The zero-order valence-corrected chi connectivity index (χ0v) is 16.3. The van der Waals surface area contributed by atoms with E-state index in [1.165, 1.54) is 12.5 Å². The molecular weight excluding hydrogens is 356 g/mol. The number of carbonyl (C=O) groups excluding carboxylic acids is 3. The molecule has 0 heterocycles. The molecule has 5 heteroatoms. The van der Waals surface area contributed by atoms with Crippen LogP contribution in [0.25, 0.3) is 0 Å². The number of Topliss-reactive ketones (excluding diaryl/α,β-unsaturated/α-hetero) is 3. The Labute approximate surface area is 164 Å². The Balaban J connectivity index is 1.49. The molecular formula is C23H26O5. The molecule has 0 spiro atoms. The maximum atomic E-state index is 13.3. The predicted molar refractivity (Wildman–Crippen MR) is 101 cm³/mol. The number of phenols is 1. The van der Waals surface area contributed by atoms with Crippen LogP contribution in [0.15, 0.2) is 18.2 Å². The maximum Gasteiger partial charge on any atom is 0.173 e. The summed E-state index contributed by atoms with van der Waals surface area (Å²) in [5.41, 5.74) is 0.561. The fourth-order valence-corrected chi connectivity index (χ4v) is 6.51. The first kappa shape index (κ1) is 18.0. The van der Waals surface area contributed by atoms with Crippen LogP contribution in [-0.4, -0.2) is 34.7 Å². The van der Waals surface area contributed by atoms with Gasteiger partial charge in [-0.15, -0.1) is 0 Å². The second-order valence-electron chi connectivity index (χ2n) is 9.66. The molecule has 4 aliphatic rings. The molecule has 0 amide bonds. The van der Waals surface area contributed by atoms with Crippen LogP contribution in [0.5, 0.6) is 5.75 Å². The van der Waals surface area contributed by atoms with Crippen LogP contribution in [0.4, 0.5) is 0 Å². The van der Waals surface area contributed by atoms with Gasteiger partial charge >= 0.3 is 0 Å². The Morgan fingerprint density at radius 1 is 1.04 bits per heavy atom. The Bertz CT molecular complexity index is 885. The molecule has 6 atom stereocenters. The van der Waals surface area contributed by atoms with Crippen molar-refractivity contribution in [3.63, 3.8) is 0 Å². The third-order valence-corrected chi connectivity index (χ3v) is 8.05. The van der Waals surface area contributed by atoms with Crippen LogP contribution in [-0.2, 0) is 9.53 Å². The van der Waals surface area contributed by atoms with Crippen LogP contribution in [0.2, 0.25) is 0 Å². The van der Waals surface area contributed by atoms with Gasteiger partial charge in [0.25, 0.3) is 0 Å². The summed E-state index contributed by atoms with van der Waals surface area (Å²) in [6.07, 6.45) is 3.03. The average molecular weight is 382 g/mol. The molecule has 0 aliphatic heterocycles. The highest BCUT2D eigenvalue weighted by atomic mass is 16.5. The van der Waals surface area contributed by atoms with Crippen molar-refractivity contribution in [3.8, 4) is 5.75 Å². The first-order chi connectivity index (χ1) is 13.3. The van der Waals surface area contributed by atoms with Crippen molar-refractivity contribution < 1.29 is 24.2 Å². The summed E-state index contributed by atoms with van der Waals surface area (Å²) in [5, 5.41) is 10.2. The van der Waals surface area contributed by atoms with Gasteiger partial charge in [-0.1, -0.05) is 26.0 Å². The van der Waals surface area contributed by atoms with Crippen molar-refractivity contribution in [2.75, 3.05) is 0 Å². The first-order valence-electron chi connectivity index (χ1n) is 10.4. The SMILES string of the molecule is CC1(C)[C@H]2CC[C@H]1[C@H](O[C@@H]1CC(=O)C[C@H]3C(=O)c4cccc(O)c4C(=O)[C@H]13)C2. The van der Waals surface area contributed by atoms with Gasteiger partial charge < -0.3 is 9.84 Å². The van der Waals surface area contributed by atoms with E-state index in [4.69, 9.17) is 4.74 Å². The van der Waals surface area contributed by atoms with Gasteiger partial charge in [-0.2, -0.15) is 0 Å². The van der Waals surface area contributed by atoms with Crippen molar-refractivity contribution in [2.45, 2.75) is 58.2 Å². The summed E-state index contributed by atoms with van der Waals surface area (Å²) in [7, 11) is 0. The molecule has 1 aromatic rings. The molecule has 1 N–H and O–H groups in total. The van der Waals surface area contributed by atoms with Gasteiger partial charge in [0, 0.05) is 24.3 Å². The van der Waals surface area contributed by atoms with Gasteiger partial charge in [-0.05, 0) is 42.6 Å². The van der Waals surface area contributed by atoms with Gasteiger partial charge in [0.1, 0.15) is 11.5 Å². The molecule has 5 nitrogen and oxygen atoms in total. The lowest BCUT2D eigenvalue weighted by Gasteiger charge is -2.41. The molecule has 5 rings (SSSR count). The fourth-order valence-electron chi connectivity index (χ4n) is 6.51. The number of ketones is 3. The normalized spacial score (nSPS) is 38.4. The summed E-state index contributed by atoms with van der Waals surface area (Å²) in [4.78, 5) is 38.8. The van der Waals surface area contributed by atoms with Crippen LogP contribution in [0, 0.1) is 29.1 Å². The Morgan fingerprint density at radius 2 is 1.82 bits per heavy atom. The minimum absolute atomic E-state index is 0.0154. The van der Waals surface area contributed by atoms with Gasteiger partial charge in [0.05, 0.1) is 23.7 Å². The molecule has 4 aliphatic carbocycles. The third kappa shape index (κ3) is 2.38. The number of carbonyl (C=O) groups is 3. The fraction of sp³-hybridized carbons (Fsp3) is 0.609. The van der Waals surface area contributed by atoms with Crippen molar-refractivity contribution in [1.82, 2.24) is 0 Å². The van der Waals surface area contributed by atoms with E-state index < -0.39 is 17.9 Å². The molecule has 0 radical (unpaired) electrons. The second-order valence-corrected chi connectivity index (χ2v) is 9.66. The second kappa shape index (κ2) is 5.99. The van der Waals surface area contributed by atoms with E-state index in [2.05, 4.69) is 13.8 Å². The number of ether oxygens (including phenoxy) is 1. The van der Waals surface area contributed by atoms with E-state index in [0.717, 1.165) is 12.8 Å². The van der Waals surface area contributed by atoms with E-state index in [9.17, 15) is 19.5 Å². The van der Waals surface area contributed by atoms with Crippen molar-refractivity contribution in [2.24, 2.45) is 29.1 Å². The Kier molecular flexibility index (Phi) is 3.86. The van der Waals surface area contributed by atoms with Gasteiger partial charge in [0.2, 0.25) is 0 Å². The molecule has 28 heavy (non-hydrogen) atoms. The van der Waals surface area contributed by atoms with Crippen molar-refractivity contribution in [3.05, 3.63) is 29.3 Å². The summed E-state index contributed by atoms with van der Waals surface area (Å²) in [6, 6.07) is 4.57. The quantitative estimate of drug-likeness (QED) is 0.846. The van der Waals surface area contributed by atoms with Crippen molar-refractivity contribution in [1.29, 1.82) is 0 Å². The Hall–Kier alpha value is -2.01. The standard InChI is InChI=1S/C23H26O5/c1-23(2)11-6-7-15(23)17(8-11)28-18-10-12(24)9-14-20(18)22(27)19-13(21(14)26)4-3-5-16(19)25/h3-5,11,14-15,17-18,20,25H,6-10H2,1-2H3/t11-,14+,15-,17+,18+,20-/m0/s1. The minimum atomic E-state index is -0.673. The molecule has 148 valence electrons. The largest absolute Gasteiger partial charge is 0.507 e. The minimum Gasteiger partial charge on any atom is -0.507 e. The molecule has 3 fully saturated rings. The Morgan fingerprint density at radius 3 is 2.50 bits per heavy atom. The zero-order chi connectivity index (χ0) is 19.8. The average Bonchev–Trinajstić information content (AvgIpc) is 3.05. The number of rotatable bonds is 2. The first-order valence-corrected chi connectivity index (χ1v) is 10.4. The molecule has 1 aromatic carbocycles. The molecule has 0 aromatic heterocycles. The highest BCUT2D eigenvalue weighted by molar-refractivity contribution is 6.18. The lowest BCUT2D eigenvalue weighted by Crippen LogP contribution is -2.50. The lowest BCUT2D eigenvalue weighted by atomic mass is 9.65. The number of benzene rings is 1. The highest BCUT2D eigenvalue weighted by Gasteiger charge is 2.56. The lowest BCUT2D eigenvalue weighted by molar-refractivity contribution is -0.134. The van der Waals surface area contributed by atoms with Crippen LogP contribution in [0.3, 0.4) is 0 Å². The van der Waals surface area contributed by atoms with E-state index in [-0.39, 0.29) is 58.6 Å². The molecule has 2 bridgehead atoms. The molecule has 0 saturated heterocycles. The van der Waals surface area contributed by atoms with Crippen LogP contribution in [0.1, 0.15) is 66.7 Å². The number of hydrogen-bond donors (Lipinski definition) is 1. The van der Waals surface area contributed by atoms with Crippen molar-refractivity contribution >= 4 is 17.3 Å². The van der Waals surface area contributed by atoms with E-state index in [1.807, 2.05) is 0 Å². The molecule has 0 unspecified atom stereocenters. The number of phenolic OH excluding ortho intramolecular Hbond substituents is 1. The van der Waals surface area contributed by atoms with Crippen LogP contribution >= 0.6 is 0 Å². The van der Waals surface area contributed by atoms with E-state index >= 15 is 0 Å². The number of fused-ring (bicyclic) bond motifs is 4. The maximum absolute atomic E-state index is 13.3. The number of hydrogen-bond acceptors (Lipinski definition) is 5. The number of aromatic hydroxyl groups is 1. The van der Waals surface area contributed by atoms with Crippen LogP contribution < -0.4 is 0 Å². The summed E-state index contributed by atoms with van der Waals surface area (Å²) in [5.74, 6) is -0.936. The molecule has 3 saturated carbocycles.